The lowest BCUT2D eigenvalue weighted by atomic mass is 10.2. The molecule has 9 heteroatoms. The number of hydrogen-bond acceptors (Lipinski definition) is 6. The smallest absolute Gasteiger partial charge is 0.410 e. The number of benzene rings is 1. The topological polar surface area (TPSA) is 70.6 Å². The van der Waals surface area contributed by atoms with E-state index in [0.29, 0.717) is 37.1 Å². The minimum atomic E-state index is -0.497. The van der Waals surface area contributed by atoms with Crippen LogP contribution in [0.4, 0.5) is 16.6 Å². The van der Waals surface area contributed by atoms with Crippen LogP contribution in [0.1, 0.15) is 20.8 Å². The molecule has 0 saturated carbocycles. The molecule has 1 fully saturated rings. The number of nitrogens with zero attached hydrogens (tertiary/aromatic N) is 4. The summed E-state index contributed by atoms with van der Waals surface area (Å²) in [6, 6.07) is 3.76. The third kappa shape index (κ3) is 4.55. The van der Waals surface area contributed by atoms with Crippen LogP contribution in [0, 0.1) is 0 Å². The van der Waals surface area contributed by atoms with Crippen molar-refractivity contribution in [3.05, 3.63) is 21.6 Å². The Bertz CT molecular complexity index is 863. The third-order valence-electron chi connectivity index (χ3n) is 4.17. The predicted octanol–water partition coefficient (Wildman–Crippen LogP) is 4.14. The number of carbonyl (C=O) groups is 1. The van der Waals surface area contributed by atoms with E-state index in [1.807, 2.05) is 32.9 Å². The average Bonchev–Trinajstić information content (AvgIpc) is 2.60. The van der Waals surface area contributed by atoms with Gasteiger partial charge in [0.15, 0.2) is 0 Å². The molecule has 1 aromatic heterocycles. The lowest BCUT2D eigenvalue weighted by Gasteiger charge is -2.36. The lowest BCUT2D eigenvalue weighted by molar-refractivity contribution is 0.0240. The summed E-state index contributed by atoms with van der Waals surface area (Å²) in [5.41, 5.74) is 0.304. The summed E-state index contributed by atoms with van der Waals surface area (Å²) >= 11 is 9.74. The molecule has 1 aliphatic rings. The summed E-state index contributed by atoms with van der Waals surface area (Å²) in [6.45, 7) is 8.06. The van der Waals surface area contributed by atoms with Crippen molar-refractivity contribution in [1.82, 2.24) is 14.9 Å². The Hall–Kier alpha value is -1.80. The van der Waals surface area contributed by atoms with Crippen LogP contribution in [0.3, 0.4) is 0 Å². The zero-order valence-electron chi connectivity index (χ0n) is 15.8. The van der Waals surface area contributed by atoms with Gasteiger partial charge in [0, 0.05) is 43.1 Å². The second kappa shape index (κ2) is 7.67. The molecule has 2 aromatic rings. The van der Waals surface area contributed by atoms with Gasteiger partial charge in [-0.2, -0.15) is 4.98 Å². The van der Waals surface area contributed by atoms with E-state index >= 15 is 0 Å². The first-order chi connectivity index (χ1) is 12.7. The van der Waals surface area contributed by atoms with Crippen molar-refractivity contribution < 1.29 is 9.53 Å². The Balaban J connectivity index is 1.84. The summed E-state index contributed by atoms with van der Waals surface area (Å²) < 4.78 is 6.25. The number of amides is 1. The average molecular weight is 457 g/mol. The number of rotatable bonds is 2. The van der Waals surface area contributed by atoms with Crippen LogP contribution < -0.4 is 10.2 Å². The molecule has 7 nitrogen and oxygen atoms in total. The quantitative estimate of drug-likeness (QED) is 0.732. The molecule has 1 N–H and O–H groups in total. The number of ether oxygens (including phenoxy) is 1. The van der Waals surface area contributed by atoms with Crippen molar-refractivity contribution in [2.75, 3.05) is 43.4 Å². The maximum Gasteiger partial charge on any atom is 0.410 e. The zero-order chi connectivity index (χ0) is 19.8. The van der Waals surface area contributed by atoms with Crippen LogP contribution in [-0.4, -0.2) is 59.8 Å². The molecular weight excluding hydrogens is 434 g/mol. The molecule has 146 valence electrons. The van der Waals surface area contributed by atoms with Crippen molar-refractivity contribution >= 4 is 56.3 Å². The first kappa shape index (κ1) is 19.9. The summed E-state index contributed by atoms with van der Waals surface area (Å²) in [6.07, 6.45) is -0.280. The zero-order valence-corrected chi connectivity index (χ0v) is 18.2. The van der Waals surface area contributed by atoms with E-state index in [1.54, 1.807) is 11.9 Å². The molecule has 1 saturated heterocycles. The van der Waals surface area contributed by atoms with E-state index in [9.17, 15) is 4.79 Å². The molecular formula is C18H23BrClN5O2. The number of carbonyl (C=O) groups excluding carboxylic acids is 1. The molecule has 0 bridgehead atoms. The van der Waals surface area contributed by atoms with E-state index < -0.39 is 5.60 Å². The monoisotopic (exact) mass is 455 g/mol. The SMILES string of the molecule is CNc1nc(N2CCN(C(=O)OC(C)(C)C)CC2)c2cc(Cl)c(Br)cc2n1. The van der Waals surface area contributed by atoms with Gasteiger partial charge in [0.1, 0.15) is 11.4 Å². The molecule has 0 unspecified atom stereocenters. The van der Waals surface area contributed by atoms with E-state index in [4.69, 9.17) is 16.3 Å². The normalized spacial score (nSPS) is 15.2. The predicted molar refractivity (Wildman–Crippen MR) is 112 cm³/mol. The largest absolute Gasteiger partial charge is 0.444 e. The Morgan fingerprint density at radius 1 is 1.22 bits per heavy atom. The highest BCUT2D eigenvalue weighted by atomic mass is 79.9. The first-order valence-corrected chi connectivity index (χ1v) is 9.92. The number of hydrogen-bond donors (Lipinski definition) is 1. The number of nitrogens with one attached hydrogen (secondary N) is 1. The summed E-state index contributed by atoms with van der Waals surface area (Å²) in [5.74, 6) is 1.35. The minimum absolute atomic E-state index is 0.280. The van der Waals surface area contributed by atoms with Gasteiger partial charge < -0.3 is 19.9 Å². The molecule has 0 spiro atoms. The third-order valence-corrected chi connectivity index (χ3v) is 5.37. The van der Waals surface area contributed by atoms with Gasteiger partial charge in [-0.15, -0.1) is 0 Å². The molecule has 0 radical (unpaired) electrons. The molecule has 2 heterocycles. The summed E-state index contributed by atoms with van der Waals surface area (Å²) in [7, 11) is 1.79. The van der Waals surface area contributed by atoms with Crippen LogP contribution in [0.5, 0.6) is 0 Å². The molecule has 1 amide bonds. The van der Waals surface area contributed by atoms with Gasteiger partial charge in [-0.1, -0.05) is 11.6 Å². The van der Waals surface area contributed by atoms with Crippen LogP contribution in [0.15, 0.2) is 16.6 Å². The molecule has 1 aliphatic heterocycles. The van der Waals surface area contributed by atoms with Crippen molar-refractivity contribution in [2.24, 2.45) is 0 Å². The summed E-state index contributed by atoms with van der Waals surface area (Å²) in [4.78, 5) is 25.3. The number of halogens is 2. The fourth-order valence-electron chi connectivity index (χ4n) is 2.89. The van der Waals surface area contributed by atoms with Gasteiger partial charge >= 0.3 is 6.09 Å². The highest BCUT2D eigenvalue weighted by Crippen LogP contribution is 2.33. The van der Waals surface area contributed by atoms with Crippen molar-refractivity contribution in [3.8, 4) is 0 Å². The highest BCUT2D eigenvalue weighted by molar-refractivity contribution is 9.10. The Morgan fingerprint density at radius 3 is 2.48 bits per heavy atom. The van der Waals surface area contributed by atoms with Crippen LogP contribution >= 0.6 is 27.5 Å². The maximum atomic E-state index is 12.3. The Labute approximate surface area is 172 Å². The standard InChI is InChI=1S/C18H23BrClN5O2/c1-18(2,3)27-17(26)25-7-5-24(6-8-25)15-11-9-13(20)12(19)10-14(11)22-16(21-4)23-15/h9-10H,5-8H2,1-4H3,(H,21,22,23). The van der Waals surface area contributed by atoms with Gasteiger partial charge in [-0.05, 0) is 48.8 Å². The molecule has 0 aliphatic carbocycles. The Kier molecular flexibility index (Phi) is 5.67. The van der Waals surface area contributed by atoms with Gasteiger partial charge in [0.05, 0.1) is 10.5 Å². The van der Waals surface area contributed by atoms with E-state index in [0.717, 1.165) is 21.2 Å². The fraction of sp³-hybridized carbons (Fsp3) is 0.500. The van der Waals surface area contributed by atoms with Crippen molar-refractivity contribution in [1.29, 1.82) is 0 Å². The second-order valence-electron chi connectivity index (χ2n) is 7.36. The fourth-order valence-corrected chi connectivity index (χ4v) is 3.38. The van der Waals surface area contributed by atoms with E-state index in [1.165, 1.54) is 0 Å². The molecule has 0 atom stereocenters. The Morgan fingerprint density at radius 2 is 1.89 bits per heavy atom. The van der Waals surface area contributed by atoms with Crippen molar-refractivity contribution in [3.63, 3.8) is 0 Å². The number of anilines is 2. The van der Waals surface area contributed by atoms with Gasteiger partial charge in [-0.3, -0.25) is 0 Å². The number of piperazine rings is 1. The highest BCUT2D eigenvalue weighted by Gasteiger charge is 2.27. The van der Waals surface area contributed by atoms with Crippen molar-refractivity contribution in [2.45, 2.75) is 26.4 Å². The number of aromatic nitrogens is 2. The first-order valence-electron chi connectivity index (χ1n) is 8.75. The van der Waals surface area contributed by atoms with Crippen LogP contribution in [0.2, 0.25) is 5.02 Å². The van der Waals surface area contributed by atoms with E-state index in [2.05, 4.69) is 36.1 Å². The van der Waals surface area contributed by atoms with Gasteiger partial charge in [0.2, 0.25) is 5.95 Å². The minimum Gasteiger partial charge on any atom is -0.444 e. The van der Waals surface area contributed by atoms with Crippen LogP contribution in [0.25, 0.3) is 10.9 Å². The summed E-state index contributed by atoms with van der Waals surface area (Å²) in [5, 5.41) is 4.49. The molecule has 1 aromatic carbocycles. The maximum absolute atomic E-state index is 12.3. The number of fused-ring (bicyclic) bond motifs is 1. The van der Waals surface area contributed by atoms with Crippen LogP contribution in [-0.2, 0) is 4.74 Å². The lowest BCUT2D eigenvalue weighted by Crippen LogP contribution is -2.50. The van der Waals surface area contributed by atoms with E-state index in [-0.39, 0.29) is 6.09 Å². The second-order valence-corrected chi connectivity index (χ2v) is 8.62. The molecule has 3 rings (SSSR count). The molecule has 27 heavy (non-hydrogen) atoms. The van der Waals surface area contributed by atoms with Gasteiger partial charge in [0.25, 0.3) is 0 Å². The van der Waals surface area contributed by atoms with Gasteiger partial charge in [-0.25, -0.2) is 9.78 Å².